The van der Waals surface area contributed by atoms with Gasteiger partial charge < -0.3 is 32.7 Å². The number of hydrogen-bond acceptors (Lipinski definition) is 7. The Morgan fingerprint density at radius 2 is 0.694 bits per heavy atom. The van der Waals surface area contributed by atoms with Crippen LogP contribution in [0.25, 0.3) is 43.6 Å². The lowest BCUT2D eigenvalue weighted by Gasteiger charge is -2.39. The molecule has 0 fully saturated rings. The first-order valence-electron chi connectivity index (χ1n) is 24.1. The van der Waals surface area contributed by atoms with E-state index in [1.165, 1.54) is 0 Å². The maximum absolute atomic E-state index is 7.66. The average molecular weight is 999 g/mol. The summed E-state index contributed by atoms with van der Waals surface area (Å²) in [6.07, 6.45) is 8.43. The molecule has 11 rings (SSSR count). The molecule has 4 aromatic heterocycles. The van der Waals surface area contributed by atoms with Crippen molar-refractivity contribution in [2.24, 2.45) is 0 Å². The first-order chi connectivity index (χ1) is 34.5. The van der Waals surface area contributed by atoms with Crippen molar-refractivity contribution in [3.63, 3.8) is 0 Å². The van der Waals surface area contributed by atoms with Gasteiger partial charge in [-0.1, -0.05) is 67.5 Å². The molecular weight excluding hydrogens is 939 g/mol. The summed E-state index contributed by atoms with van der Waals surface area (Å²) in [6, 6.07) is 42.1. The lowest BCUT2D eigenvalue weighted by molar-refractivity contribution is 0.382. The number of aromatic nitrogens is 4. The molecule has 0 unspecified atom stereocenters. The molecule has 11 nitrogen and oxygen atoms in total. The predicted octanol–water partition coefficient (Wildman–Crippen LogP) is 16.0. The lowest BCUT2D eigenvalue weighted by atomic mass is 9.72. The van der Waals surface area contributed by atoms with Crippen LogP contribution < -0.4 is 32.7 Å². The number of rotatable bonds is 12. The smallest absolute Gasteiger partial charge is 0.318 e. The maximum atomic E-state index is 7.66. The third-order valence-corrected chi connectivity index (χ3v) is 17.6. The summed E-state index contributed by atoms with van der Waals surface area (Å²) in [4.78, 5) is 0. The number of hydrogen-bond donors (Lipinski definition) is 0. The van der Waals surface area contributed by atoms with Crippen LogP contribution in [0.2, 0.25) is 0 Å². The Kier molecular flexibility index (Phi) is 11.6. The van der Waals surface area contributed by atoms with Crippen LogP contribution in [0.3, 0.4) is 0 Å². The zero-order chi connectivity index (χ0) is 50.4. The first-order valence-corrected chi connectivity index (χ1v) is 26.4. The van der Waals surface area contributed by atoms with Gasteiger partial charge in [0.15, 0.2) is 23.0 Å². The van der Waals surface area contributed by atoms with E-state index in [1.54, 1.807) is 28.4 Å². The van der Waals surface area contributed by atoms with Crippen LogP contribution in [0.5, 0.6) is 46.0 Å². The van der Waals surface area contributed by atoms with Gasteiger partial charge in [0.1, 0.15) is 23.0 Å². The van der Waals surface area contributed by atoms with Crippen molar-refractivity contribution in [1.29, 1.82) is 0 Å². The van der Waals surface area contributed by atoms with Crippen molar-refractivity contribution in [3.05, 3.63) is 168 Å². The summed E-state index contributed by atoms with van der Waals surface area (Å²) < 4.78 is 54.4. The van der Waals surface area contributed by atoms with E-state index in [1.807, 2.05) is 24.3 Å². The minimum Gasteiger partial charge on any atom is -0.497 e. The molecule has 10 aromatic rings. The molecule has 1 aliphatic rings. The second-order valence-electron chi connectivity index (χ2n) is 21.0. The summed E-state index contributed by atoms with van der Waals surface area (Å²) in [7, 11) is 3.47. The molecule has 0 N–H and O–H groups in total. The van der Waals surface area contributed by atoms with E-state index in [9.17, 15) is 0 Å². The summed E-state index contributed by atoms with van der Waals surface area (Å²) >= 11 is 0. The zero-order valence-corrected chi connectivity index (χ0v) is 44.7. The molecule has 0 radical (unpaired) electrons. The summed E-state index contributed by atoms with van der Waals surface area (Å²) in [6.45, 7) is 18.1. The van der Waals surface area contributed by atoms with Crippen LogP contribution in [-0.4, -0.2) is 45.8 Å². The van der Waals surface area contributed by atoms with Gasteiger partial charge in [0.25, 0.3) is 0 Å². The maximum Gasteiger partial charge on any atom is 0.318 e. The third-order valence-electron chi connectivity index (χ3n) is 14.0. The molecule has 0 spiro atoms. The highest BCUT2D eigenvalue weighted by atomic mass is 31.2. The molecule has 5 heterocycles. The standard InChI is InChI=1S/C59H60N4O7P2/c1-57(2,3)41-33-47-55(53(35-41)69-71(60-25-21-37-29-43(64-9)13-17-49(37)60)61-26-22-38-30-44(65-10)14-18-50(38)61)68-56-48(59(47,7)8)34-42(58(4,5)6)36-54(56)70-72(62-27-23-39-31-45(66-11)15-19-51(39)62)63-28-24-40-32-46(67-12)16-20-52(40)63/h13-36H,1-12H3. The largest absolute Gasteiger partial charge is 0.497 e. The fourth-order valence-electron chi connectivity index (χ4n) is 9.68. The molecule has 0 amide bonds. The number of benzene rings is 6. The fourth-order valence-corrected chi connectivity index (χ4v) is 13.3. The van der Waals surface area contributed by atoms with Crippen LogP contribution in [-0.2, 0) is 16.2 Å². The Morgan fingerprint density at radius 3 is 0.958 bits per heavy atom. The molecule has 6 aromatic carbocycles. The molecule has 0 aliphatic carbocycles. The average Bonchev–Trinajstić information content (AvgIpc) is 4.19. The number of nitrogens with zero attached hydrogens (tertiary/aromatic N) is 4. The van der Waals surface area contributed by atoms with Gasteiger partial charge in [-0.25, -0.2) is 0 Å². The van der Waals surface area contributed by atoms with E-state index < -0.39 is 22.3 Å². The van der Waals surface area contributed by atoms with Crippen molar-refractivity contribution < 1.29 is 32.7 Å². The number of methoxy groups -OCH3 is 4. The number of fused-ring (bicyclic) bond motifs is 6. The van der Waals surface area contributed by atoms with Crippen molar-refractivity contribution in [2.75, 3.05) is 28.4 Å². The van der Waals surface area contributed by atoms with Crippen molar-refractivity contribution in [1.82, 2.24) is 17.4 Å². The highest BCUT2D eigenvalue weighted by molar-refractivity contribution is 7.50. The predicted molar refractivity (Wildman–Crippen MR) is 293 cm³/mol. The molecule has 0 atom stereocenters. The fraction of sp³-hybridized carbons (Fsp3) is 0.254. The van der Waals surface area contributed by atoms with Crippen LogP contribution in [0.15, 0.2) is 146 Å². The first kappa shape index (κ1) is 47.3. The molecule has 0 bridgehead atoms. The minimum atomic E-state index is -1.66. The van der Waals surface area contributed by atoms with E-state index in [-0.39, 0.29) is 10.8 Å². The van der Waals surface area contributed by atoms with E-state index in [4.69, 9.17) is 32.7 Å². The second kappa shape index (κ2) is 17.6. The summed E-state index contributed by atoms with van der Waals surface area (Å²) in [5.41, 5.74) is 7.33. The summed E-state index contributed by atoms with van der Waals surface area (Å²) in [5.74, 6) is 5.73. The van der Waals surface area contributed by atoms with E-state index in [0.717, 1.165) is 88.9 Å². The third kappa shape index (κ3) is 8.07. The van der Waals surface area contributed by atoms with Gasteiger partial charge in [0.05, 0.1) is 50.5 Å². The lowest BCUT2D eigenvalue weighted by Crippen LogP contribution is -2.27. The van der Waals surface area contributed by atoms with E-state index >= 15 is 0 Å². The second-order valence-corrected chi connectivity index (χ2v) is 24.1. The molecule has 13 heteroatoms. The molecule has 368 valence electrons. The monoisotopic (exact) mass is 998 g/mol. The van der Waals surface area contributed by atoms with Gasteiger partial charge in [-0.05, 0) is 131 Å². The van der Waals surface area contributed by atoms with Gasteiger partial charge in [-0.2, -0.15) is 0 Å². The van der Waals surface area contributed by atoms with Gasteiger partial charge in [0, 0.05) is 62.9 Å². The Morgan fingerprint density at radius 1 is 0.403 bits per heavy atom. The highest BCUT2D eigenvalue weighted by Gasteiger charge is 2.42. The van der Waals surface area contributed by atoms with E-state index in [0.29, 0.717) is 23.0 Å². The van der Waals surface area contributed by atoms with Crippen LogP contribution in [0.4, 0.5) is 0 Å². The van der Waals surface area contributed by atoms with Crippen molar-refractivity contribution in [3.8, 4) is 46.0 Å². The van der Waals surface area contributed by atoms with Gasteiger partial charge in [0.2, 0.25) is 0 Å². The normalized spacial score (nSPS) is 13.5. The van der Waals surface area contributed by atoms with Gasteiger partial charge in [-0.3, -0.25) is 17.4 Å². The van der Waals surface area contributed by atoms with Crippen molar-refractivity contribution >= 4 is 60.5 Å². The molecular formula is C59H60N4O7P2. The molecule has 0 saturated heterocycles. The van der Waals surface area contributed by atoms with Gasteiger partial charge in [-0.15, -0.1) is 0 Å². The van der Waals surface area contributed by atoms with Crippen molar-refractivity contribution in [2.45, 2.75) is 71.6 Å². The van der Waals surface area contributed by atoms with E-state index in [2.05, 4.69) is 195 Å². The number of ether oxygens (including phenoxy) is 5. The molecule has 1 aliphatic heterocycles. The highest BCUT2D eigenvalue weighted by Crippen LogP contribution is 2.60. The van der Waals surface area contributed by atoms with Crippen LogP contribution >= 0.6 is 16.9 Å². The van der Waals surface area contributed by atoms with Crippen LogP contribution in [0.1, 0.15) is 77.6 Å². The van der Waals surface area contributed by atoms with Gasteiger partial charge >= 0.3 is 16.9 Å². The Hall–Kier alpha value is -7.06. The Bertz CT molecular complexity index is 3310. The Balaban J connectivity index is 1.12. The molecule has 72 heavy (non-hydrogen) atoms. The zero-order valence-electron chi connectivity index (χ0n) is 42.9. The minimum absolute atomic E-state index is 0.232. The van der Waals surface area contributed by atoms with Crippen LogP contribution in [0, 0.1) is 0 Å². The quantitative estimate of drug-likeness (QED) is 0.113. The Labute approximate surface area is 423 Å². The SMILES string of the molecule is COc1ccc2c(ccn2P(Oc2cc(C(C)(C)C)cc3c2Oc2c(OP(n4ccc5cc(OC)ccc54)n4ccc5cc(OC)ccc54)cc(C(C)(C)C)cc2C3(C)C)n2ccc3cc(OC)ccc32)c1. The topological polar surface area (TPSA) is 84.3 Å². The summed E-state index contributed by atoms with van der Waals surface area (Å²) in [5, 5.41) is 4.16. The molecule has 0 saturated carbocycles.